The van der Waals surface area contributed by atoms with Gasteiger partial charge in [0.2, 0.25) is 0 Å². The van der Waals surface area contributed by atoms with Crippen LogP contribution in [0.2, 0.25) is 5.02 Å². The number of hydrogen-bond acceptors (Lipinski definition) is 3. The lowest BCUT2D eigenvalue weighted by Crippen LogP contribution is -2.41. The Morgan fingerprint density at radius 2 is 1.79 bits per heavy atom. The molecule has 2 rings (SSSR count). The molecule has 2 atom stereocenters. The molecule has 0 aliphatic carbocycles. The first-order valence-corrected chi connectivity index (χ1v) is 7.94. The Bertz CT molecular complexity index is 706. The third kappa shape index (κ3) is 5.37. The fraction of sp³-hybridized carbons (Fsp3) is 0.222. The highest BCUT2D eigenvalue weighted by atomic mass is 35.5. The molecule has 24 heavy (non-hydrogen) atoms. The van der Waals surface area contributed by atoms with E-state index in [-0.39, 0.29) is 6.04 Å². The van der Waals surface area contributed by atoms with Gasteiger partial charge in [0.05, 0.1) is 6.10 Å². The second-order valence-corrected chi connectivity index (χ2v) is 5.94. The van der Waals surface area contributed by atoms with Gasteiger partial charge in [0.25, 0.3) is 0 Å². The molecule has 0 bridgehead atoms. The van der Waals surface area contributed by atoms with E-state index >= 15 is 0 Å². The van der Waals surface area contributed by atoms with Crippen LogP contribution in [0, 0.1) is 0 Å². The summed E-state index contributed by atoms with van der Waals surface area (Å²) in [4.78, 5) is 23.8. The summed E-state index contributed by atoms with van der Waals surface area (Å²) >= 11 is 5.83. The molecule has 3 N–H and O–H groups in total. The van der Waals surface area contributed by atoms with Crippen molar-refractivity contribution in [3.05, 3.63) is 65.2 Å². The Morgan fingerprint density at radius 1 is 1.08 bits per heavy atom. The Kier molecular flexibility index (Phi) is 6.35. The summed E-state index contributed by atoms with van der Waals surface area (Å²) in [5, 5.41) is 15.7. The van der Waals surface area contributed by atoms with E-state index in [4.69, 9.17) is 11.6 Å². The number of aliphatic hydroxyl groups excluding tert-OH is 1. The molecule has 0 saturated carbocycles. The first-order chi connectivity index (χ1) is 11.5. The Hall–Kier alpha value is -2.37. The number of aliphatic hydroxyl groups is 1. The molecule has 6 heteroatoms. The standard InChI is InChI=1S/C18H19ClN2O3/c1-12(10-16(22)13-6-3-2-4-7-13)20-17(23)18(24)21-15-9-5-8-14(19)11-15/h2-9,11-12,16,22H,10H2,1H3,(H,20,23)(H,21,24). The number of nitrogens with one attached hydrogen (secondary N) is 2. The number of benzene rings is 2. The number of carbonyl (C=O) groups is 2. The van der Waals surface area contributed by atoms with Gasteiger partial charge in [-0.3, -0.25) is 9.59 Å². The van der Waals surface area contributed by atoms with Gasteiger partial charge in [-0.25, -0.2) is 0 Å². The zero-order valence-electron chi connectivity index (χ0n) is 13.2. The Labute approximate surface area is 145 Å². The zero-order valence-corrected chi connectivity index (χ0v) is 14.0. The summed E-state index contributed by atoms with van der Waals surface area (Å²) in [7, 11) is 0. The number of anilines is 1. The molecule has 0 aliphatic heterocycles. The van der Waals surface area contributed by atoms with Crippen molar-refractivity contribution < 1.29 is 14.7 Å². The molecule has 0 saturated heterocycles. The molecule has 5 nitrogen and oxygen atoms in total. The van der Waals surface area contributed by atoms with Gasteiger partial charge in [-0.15, -0.1) is 0 Å². The molecular formula is C18H19ClN2O3. The van der Waals surface area contributed by atoms with Crippen LogP contribution < -0.4 is 10.6 Å². The third-order valence-corrected chi connectivity index (χ3v) is 3.66. The minimum atomic E-state index is -0.779. The molecule has 2 amide bonds. The SMILES string of the molecule is CC(CC(O)c1ccccc1)NC(=O)C(=O)Nc1cccc(Cl)c1. The summed E-state index contributed by atoms with van der Waals surface area (Å²) in [5.74, 6) is -1.54. The van der Waals surface area contributed by atoms with E-state index in [1.54, 1.807) is 31.2 Å². The fourth-order valence-corrected chi connectivity index (χ4v) is 2.44. The van der Waals surface area contributed by atoms with Crippen molar-refractivity contribution in [2.75, 3.05) is 5.32 Å². The van der Waals surface area contributed by atoms with E-state index in [1.807, 2.05) is 30.3 Å². The van der Waals surface area contributed by atoms with Crippen LogP contribution in [-0.2, 0) is 9.59 Å². The van der Waals surface area contributed by atoms with Crippen LogP contribution in [0.1, 0.15) is 25.0 Å². The first kappa shape index (κ1) is 18.0. The molecule has 2 aromatic carbocycles. The molecule has 2 aromatic rings. The topological polar surface area (TPSA) is 78.4 Å². The number of amides is 2. The van der Waals surface area contributed by atoms with Crippen molar-refractivity contribution in [2.45, 2.75) is 25.5 Å². The molecule has 0 aromatic heterocycles. The van der Waals surface area contributed by atoms with E-state index in [0.717, 1.165) is 5.56 Å². The van der Waals surface area contributed by atoms with E-state index in [1.165, 1.54) is 0 Å². The van der Waals surface area contributed by atoms with E-state index < -0.39 is 17.9 Å². The maximum Gasteiger partial charge on any atom is 0.313 e. The van der Waals surface area contributed by atoms with Crippen LogP contribution in [0.3, 0.4) is 0 Å². The lowest BCUT2D eigenvalue weighted by atomic mass is 10.0. The van der Waals surface area contributed by atoms with Crippen LogP contribution in [0.15, 0.2) is 54.6 Å². The van der Waals surface area contributed by atoms with Gasteiger partial charge in [0, 0.05) is 16.8 Å². The van der Waals surface area contributed by atoms with Crippen LogP contribution in [0.4, 0.5) is 5.69 Å². The summed E-state index contributed by atoms with van der Waals surface area (Å²) in [6.07, 6.45) is -0.405. The Morgan fingerprint density at radius 3 is 2.46 bits per heavy atom. The van der Waals surface area contributed by atoms with Gasteiger partial charge in [0.1, 0.15) is 0 Å². The van der Waals surface area contributed by atoms with E-state index in [9.17, 15) is 14.7 Å². The maximum atomic E-state index is 11.9. The van der Waals surface area contributed by atoms with Gasteiger partial charge in [-0.1, -0.05) is 48.0 Å². The molecule has 0 fully saturated rings. The highest BCUT2D eigenvalue weighted by Gasteiger charge is 2.19. The van der Waals surface area contributed by atoms with Crippen LogP contribution in [0.25, 0.3) is 0 Å². The van der Waals surface area contributed by atoms with Crippen molar-refractivity contribution in [3.63, 3.8) is 0 Å². The number of rotatable bonds is 5. The molecule has 0 spiro atoms. The van der Waals surface area contributed by atoms with Gasteiger partial charge >= 0.3 is 11.8 Å². The summed E-state index contributed by atoms with van der Waals surface area (Å²) < 4.78 is 0. The third-order valence-electron chi connectivity index (χ3n) is 3.43. The number of hydrogen-bond donors (Lipinski definition) is 3. The molecule has 2 unspecified atom stereocenters. The van der Waals surface area contributed by atoms with Crippen molar-refractivity contribution in [3.8, 4) is 0 Å². The highest BCUT2D eigenvalue weighted by Crippen LogP contribution is 2.18. The summed E-state index contributed by atoms with van der Waals surface area (Å²) in [5.41, 5.74) is 1.21. The van der Waals surface area contributed by atoms with Gasteiger partial charge in [-0.05, 0) is 37.1 Å². The average molecular weight is 347 g/mol. The zero-order chi connectivity index (χ0) is 17.5. The predicted molar refractivity (Wildman–Crippen MR) is 93.7 cm³/mol. The monoisotopic (exact) mass is 346 g/mol. The van der Waals surface area contributed by atoms with E-state index in [0.29, 0.717) is 17.1 Å². The predicted octanol–water partition coefficient (Wildman–Crippen LogP) is 2.91. The Balaban J connectivity index is 1.85. The number of halogens is 1. The van der Waals surface area contributed by atoms with E-state index in [2.05, 4.69) is 10.6 Å². The smallest absolute Gasteiger partial charge is 0.313 e. The average Bonchev–Trinajstić information content (AvgIpc) is 2.55. The molecule has 126 valence electrons. The number of carbonyl (C=O) groups excluding carboxylic acids is 2. The van der Waals surface area contributed by atoms with Gasteiger partial charge in [0.15, 0.2) is 0 Å². The second-order valence-electron chi connectivity index (χ2n) is 5.50. The minimum absolute atomic E-state index is 0.306. The minimum Gasteiger partial charge on any atom is -0.388 e. The van der Waals surface area contributed by atoms with Crippen molar-refractivity contribution >= 4 is 29.1 Å². The van der Waals surface area contributed by atoms with Gasteiger partial charge < -0.3 is 15.7 Å². The van der Waals surface area contributed by atoms with Crippen LogP contribution in [0.5, 0.6) is 0 Å². The molecule has 0 heterocycles. The molecule has 0 radical (unpaired) electrons. The fourth-order valence-electron chi connectivity index (χ4n) is 2.25. The normalized spacial score (nSPS) is 13.0. The summed E-state index contributed by atoms with van der Waals surface area (Å²) in [6.45, 7) is 1.73. The van der Waals surface area contributed by atoms with Crippen molar-refractivity contribution in [1.29, 1.82) is 0 Å². The van der Waals surface area contributed by atoms with Crippen LogP contribution >= 0.6 is 11.6 Å². The largest absolute Gasteiger partial charge is 0.388 e. The van der Waals surface area contributed by atoms with Crippen LogP contribution in [-0.4, -0.2) is 23.0 Å². The second kappa shape index (κ2) is 8.47. The highest BCUT2D eigenvalue weighted by molar-refractivity contribution is 6.39. The molecular weight excluding hydrogens is 328 g/mol. The van der Waals surface area contributed by atoms with Gasteiger partial charge in [-0.2, -0.15) is 0 Å². The molecule has 0 aliphatic rings. The summed E-state index contributed by atoms with van der Waals surface area (Å²) in [6, 6.07) is 15.3. The first-order valence-electron chi connectivity index (χ1n) is 7.56. The quantitative estimate of drug-likeness (QED) is 0.728. The lowest BCUT2D eigenvalue weighted by molar-refractivity contribution is -0.136. The maximum absolute atomic E-state index is 11.9. The lowest BCUT2D eigenvalue weighted by Gasteiger charge is -2.18. The van der Waals surface area contributed by atoms with Crippen molar-refractivity contribution in [2.24, 2.45) is 0 Å². The van der Waals surface area contributed by atoms with Crippen molar-refractivity contribution in [1.82, 2.24) is 5.32 Å².